The second kappa shape index (κ2) is 22.4. The number of rotatable bonds is 16. The van der Waals surface area contributed by atoms with Gasteiger partial charge in [0.2, 0.25) is 20.0 Å². The van der Waals surface area contributed by atoms with Crippen molar-refractivity contribution in [3.8, 4) is 11.5 Å². The molecule has 4 fully saturated rings. The minimum Gasteiger partial charge on any atom is -0.489 e. The zero-order valence-corrected chi connectivity index (χ0v) is 41.8. The van der Waals surface area contributed by atoms with Crippen molar-refractivity contribution in [1.29, 1.82) is 0 Å². The monoisotopic (exact) mass is 1080 g/mol. The normalized spacial score (nSPS) is 18.4. The fraction of sp³-hybridized carbons (Fsp3) is 0.391. The number of carbonyl (C=O) groups excluding carboxylic acids is 2. The van der Waals surface area contributed by atoms with Gasteiger partial charge in [-0.05, 0) is 71.8 Å². The minimum atomic E-state index is -5.03. The number of amides is 2. The highest BCUT2D eigenvalue weighted by molar-refractivity contribution is 7.89. The van der Waals surface area contributed by atoms with Crippen LogP contribution in [0.25, 0.3) is 12.2 Å². The molecule has 0 aliphatic carbocycles. The lowest BCUT2D eigenvalue weighted by Crippen LogP contribution is -2.41. The van der Waals surface area contributed by atoms with Crippen LogP contribution in [0.3, 0.4) is 0 Å². The van der Waals surface area contributed by atoms with Crippen LogP contribution >= 0.6 is 0 Å². The van der Waals surface area contributed by atoms with Crippen LogP contribution in [-0.2, 0) is 59.2 Å². The summed E-state index contributed by atoms with van der Waals surface area (Å²) in [6.07, 6.45) is 3.67. The summed E-state index contributed by atoms with van der Waals surface area (Å²) in [4.78, 5) is 25.4. The lowest BCUT2D eigenvalue weighted by atomic mass is 10.1. The number of carbonyl (C=O) groups is 2. The molecular weight excluding hydrogens is 1020 g/mol. The van der Waals surface area contributed by atoms with Gasteiger partial charge in [0.1, 0.15) is 43.3 Å². The zero-order valence-electron chi connectivity index (χ0n) is 38.5. The second-order valence-electron chi connectivity index (χ2n) is 16.9. The van der Waals surface area contributed by atoms with Gasteiger partial charge in [0.15, 0.2) is 0 Å². The van der Waals surface area contributed by atoms with Gasteiger partial charge < -0.3 is 39.1 Å². The molecule has 0 bridgehead atoms. The topological polar surface area (TPSA) is 297 Å². The molecule has 22 nitrogen and oxygen atoms in total. The molecule has 4 saturated heterocycles. The van der Waals surface area contributed by atoms with Gasteiger partial charge in [-0.1, -0.05) is 24.3 Å². The molecule has 0 atom stereocenters. The predicted molar refractivity (Wildman–Crippen MR) is 258 cm³/mol. The number of sulfonamides is 2. The molecular formula is C46H52N4O18S4. The smallest absolute Gasteiger partial charge is 0.295 e. The highest BCUT2D eigenvalue weighted by Crippen LogP contribution is 2.34. The fourth-order valence-electron chi connectivity index (χ4n) is 8.23. The Kier molecular flexibility index (Phi) is 16.5. The van der Waals surface area contributed by atoms with E-state index in [9.17, 15) is 52.4 Å². The van der Waals surface area contributed by atoms with Gasteiger partial charge in [-0.3, -0.25) is 18.7 Å². The molecule has 4 aromatic carbocycles. The number of hydrogen-bond donors (Lipinski definition) is 4. The van der Waals surface area contributed by atoms with Crippen molar-refractivity contribution in [3.05, 3.63) is 95.1 Å². The minimum absolute atomic E-state index is 0.0396. The van der Waals surface area contributed by atoms with E-state index in [0.29, 0.717) is 52.1 Å². The Bertz CT molecular complexity index is 2950. The zero-order chi connectivity index (χ0) is 51.3. The van der Waals surface area contributed by atoms with Gasteiger partial charge in [0, 0.05) is 74.4 Å². The summed E-state index contributed by atoms with van der Waals surface area (Å²) in [6.45, 7) is 2.71. The van der Waals surface area contributed by atoms with E-state index in [0.717, 1.165) is 36.4 Å². The quantitative estimate of drug-likeness (QED) is 0.0910. The molecule has 4 aromatic rings. The molecule has 0 spiro atoms. The van der Waals surface area contributed by atoms with Crippen LogP contribution in [0, 0.1) is 0 Å². The average Bonchev–Trinajstić information content (AvgIpc) is 3.37. The molecule has 2 amide bonds. The van der Waals surface area contributed by atoms with E-state index in [4.69, 9.17) is 28.4 Å². The first-order chi connectivity index (χ1) is 34.3. The Balaban J connectivity index is 1.02. The molecule has 0 saturated carbocycles. The van der Waals surface area contributed by atoms with Gasteiger partial charge in [-0.2, -0.15) is 25.4 Å². The highest BCUT2D eigenvalue weighted by atomic mass is 32.2. The first kappa shape index (κ1) is 52.9. The van der Waals surface area contributed by atoms with Crippen LogP contribution in [0.1, 0.15) is 57.5 Å². The summed E-state index contributed by atoms with van der Waals surface area (Å²) in [5, 5.41) is 5.04. The molecule has 26 heteroatoms. The van der Waals surface area contributed by atoms with Crippen LogP contribution in [-0.4, -0.2) is 154 Å². The van der Waals surface area contributed by atoms with Gasteiger partial charge in [-0.15, -0.1) is 0 Å². The van der Waals surface area contributed by atoms with Gasteiger partial charge in [-0.25, -0.2) is 16.8 Å². The van der Waals surface area contributed by atoms with Crippen molar-refractivity contribution in [1.82, 2.24) is 8.61 Å². The summed E-state index contributed by atoms with van der Waals surface area (Å²) in [5.41, 5.74) is -0.867. The van der Waals surface area contributed by atoms with Crippen LogP contribution in [0.15, 0.2) is 92.4 Å². The molecule has 4 N–H and O–H groups in total. The maximum absolute atomic E-state index is 13.9. The van der Waals surface area contributed by atoms with Crippen LogP contribution in [0.5, 0.6) is 11.5 Å². The summed E-state index contributed by atoms with van der Waals surface area (Å²) >= 11 is 0. The van der Waals surface area contributed by atoms with Crippen molar-refractivity contribution in [2.24, 2.45) is 0 Å². The van der Waals surface area contributed by atoms with Crippen LogP contribution < -0.4 is 20.1 Å². The molecule has 4 heterocycles. The molecule has 0 unspecified atom stereocenters. The van der Waals surface area contributed by atoms with Crippen molar-refractivity contribution in [3.63, 3.8) is 0 Å². The summed E-state index contributed by atoms with van der Waals surface area (Å²) in [5.74, 6) is -1.60. The Morgan fingerprint density at radius 3 is 1.18 bits per heavy atom. The maximum atomic E-state index is 13.9. The van der Waals surface area contributed by atoms with Gasteiger partial charge >= 0.3 is 0 Å². The van der Waals surface area contributed by atoms with E-state index in [2.05, 4.69) is 10.6 Å². The SMILES string of the molecule is O=C(Nc1ccc(C=Cc2ccc(NC(=O)c3ccc(OC4CCOCC4)c(S(=O)(=O)N4CCOCC4)c3)cc2S(=O)(=O)O)c(S(=O)(=O)O)c1)c1ccc(OC2CCOCC2)c(S(=O)(=O)N2CCOCC2)c1. The third kappa shape index (κ3) is 12.7. The Labute approximate surface area is 416 Å². The number of benzene rings is 4. The van der Waals surface area contributed by atoms with Crippen molar-refractivity contribution in [2.75, 3.05) is 89.7 Å². The Hall–Kier alpha value is -5.36. The predicted octanol–water partition coefficient (Wildman–Crippen LogP) is 4.01. The average molecular weight is 1080 g/mol. The third-order valence-electron chi connectivity index (χ3n) is 12.1. The summed E-state index contributed by atoms with van der Waals surface area (Å²) in [6, 6.07) is 14.6. The van der Waals surface area contributed by atoms with Gasteiger partial charge in [0.05, 0.1) is 52.9 Å². The van der Waals surface area contributed by atoms with E-state index in [1.807, 2.05) is 0 Å². The lowest BCUT2D eigenvalue weighted by Gasteiger charge is -2.28. The largest absolute Gasteiger partial charge is 0.489 e. The van der Waals surface area contributed by atoms with Crippen molar-refractivity contribution in [2.45, 2.75) is 57.5 Å². The van der Waals surface area contributed by atoms with E-state index in [1.54, 1.807) is 0 Å². The molecule has 72 heavy (non-hydrogen) atoms. The molecule has 4 aliphatic heterocycles. The molecule has 0 aromatic heterocycles. The molecule has 4 aliphatic rings. The highest BCUT2D eigenvalue weighted by Gasteiger charge is 2.34. The van der Waals surface area contributed by atoms with Crippen molar-refractivity contribution >= 4 is 75.6 Å². The van der Waals surface area contributed by atoms with Crippen LogP contribution in [0.2, 0.25) is 0 Å². The Morgan fingerprint density at radius 2 is 0.833 bits per heavy atom. The molecule has 388 valence electrons. The number of hydrogen-bond acceptors (Lipinski definition) is 16. The van der Waals surface area contributed by atoms with E-state index in [1.165, 1.54) is 57.1 Å². The third-order valence-corrected chi connectivity index (χ3v) is 17.7. The van der Waals surface area contributed by atoms with Crippen molar-refractivity contribution < 1.29 is 80.8 Å². The molecule has 0 radical (unpaired) electrons. The number of nitrogens with one attached hydrogen (secondary N) is 2. The van der Waals surface area contributed by atoms with Gasteiger partial charge in [0.25, 0.3) is 32.1 Å². The number of anilines is 2. The molecule has 8 rings (SSSR count). The maximum Gasteiger partial charge on any atom is 0.295 e. The van der Waals surface area contributed by atoms with E-state index >= 15 is 0 Å². The number of ether oxygens (including phenoxy) is 6. The fourth-order valence-corrected chi connectivity index (χ4v) is 12.8. The summed E-state index contributed by atoms with van der Waals surface area (Å²) < 4.78 is 163. The second-order valence-corrected chi connectivity index (χ2v) is 23.5. The number of morpholine rings is 2. The summed E-state index contributed by atoms with van der Waals surface area (Å²) in [7, 11) is -18.4. The van der Waals surface area contributed by atoms with E-state index < -0.39 is 61.9 Å². The van der Waals surface area contributed by atoms with Crippen LogP contribution in [0.4, 0.5) is 11.4 Å². The number of nitrogens with zero attached hydrogens (tertiary/aromatic N) is 2. The Morgan fingerprint density at radius 1 is 0.486 bits per heavy atom. The first-order valence-electron chi connectivity index (χ1n) is 22.7. The van der Waals surface area contributed by atoms with E-state index in [-0.39, 0.29) is 120 Å². The first-order valence-corrected chi connectivity index (χ1v) is 28.5. The standard InChI is InChI=1S/C46H52N4O18S4/c51-45(33-5-9-39(67-37-11-19-63-20-12-37)43(27-33)69(53,54)49-15-23-65-24-16-49)47-35-7-3-31(41(29-35)71(57,58)59)1-2-32-4-8-36(30-42(32)72(60,61)62)48-46(52)34-6-10-40(68-38-13-21-64-22-14-38)44(28-34)70(55,56)50-17-25-66-26-18-50/h1-10,27-30,37-38H,11-26H2,(H,47,51)(H,48,52)(H,57,58,59)(H,60,61,62). The lowest BCUT2D eigenvalue weighted by molar-refractivity contribution is 0.0240.